The standard InChI is InChI=1S/C17H21NO4/c1-18-11-8-9-12(18)14(17(21)22-2)16(20)13(11)15(19)10-6-4-3-5-7-10/h3-7,11-14,16,20H,8-9H2,1-2H3/t11-,12+,13?,14+,16-/m0/s1. The van der Waals surface area contributed by atoms with Crippen molar-refractivity contribution in [2.45, 2.75) is 31.0 Å². The number of hydrogen-bond donors (Lipinski definition) is 1. The summed E-state index contributed by atoms with van der Waals surface area (Å²) in [7, 11) is 3.25. The zero-order chi connectivity index (χ0) is 15.9. The lowest BCUT2D eigenvalue weighted by Gasteiger charge is -2.44. The number of ketones is 1. The van der Waals surface area contributed by atoms with Gasteiger partial charge in [-0.1, -0.05) is 30.3 Å². The first-order chi connectivity index (χ1) is 10.6. The largest absolute Gasteiger partial charge is 0.469 e. The van der Waals surface area contributed by atoms with Gasteiger partial charge in [0.15, 0.2) is 5.78 Å². The summed E-state index contributed by atoms with van der Waals surface area (Å²) in [5.74, 6) is -1.78. The number of ether oxygens (including phenoxy) is 1. The third-order valence-corrected chi connectivity index (χ3v) is 5.20. The molecule has 1 N–H and O–H groups in total. The minimum atomic E-state index is -0.992. The molecule has 2 fully saturated rings. The van der Waals surface area contributed by atoms with Gasteiger partial charge in [-0.2, -0.15) is 0 Å². The molecule has 0 aromatic heterocycles. The van der Waals surface area contributed by atoms with Crippen LogP contribution in [0.2, 0.25) is 0 Å². The van der Waals surface area contributed by atoms with Crippen LogP contribution >= 0.6 is 0 Å². The molecule has 2 aliphatic heterocycles. The van der Waals surface area contributed by atoms with Gasteiger partial charge in [-0.15, -0.1) is 0 Å². The number of benzene rings is 1. The van der Waals surface area contributed by atoms with Crippen molar-refractivity contribution in [2.75, 3.05) is 14.2 Å². The number of methoxy groups -OCH3 is 1. The molecule has 3 rings (SSSR count). The number of aliphatic hydroxyl groups is 1. The molecule has 1 aromatic carbocycles. The molecule has 0 spiro atoms. The second-order valence-corrected chi connectivity index (χ2v) is 6.17. The number of carbonyl (C=O) groups excluding carboxylic acids is 2. The zero-order valence-corrected chi connectivity index (χ0v) is 12.8. The fourth-order valence-corrected chi connectivity index (χ4v) is 4.10. The average molecular weight is 303 g/mol. The predicted molar refractivity (Wildman–Crippen MR) is 80.3 cm³/mol. The van der Waals surface area contributed by atoms with Crippen LogP contribution in [0.5, 0.6) is 0 Å². The van der Waals surface area contributed by atoms with Crippen LogP contribution in [-0.2, 0) is 9.53 Å². The number of Topliss-reactive ketones (excluding diaryl/α,β-unsaturated/α-hetero) is 1. The quantitative estimate of drug-likeness (QED) is 0.669. The van der Waals surface area contributed by atoms with Crippen molar-refractivity contribution in [1.82, 2.24) is 4.90 Å². The molecule has 1 unspecified atom stereocenters. The average Bonchev–Trinajstić information content (AvgIpc) is 2.81. The second kappa shape index (κ2) is 5.82. The Morgan fingerprint density at radius 3 is 2.32 bits per heavy atom. The van der Waals surface area contributed by atoms with E-state index >= 15 is 0 Å². The van der Waals surface area contributed by atoms with E-state index in [1.807, 2.05) is 13.1 Å². The number of hydrogen-bond acceptors (Lipinski definition) is 5. The van der Waals surface area contributed by atoms with Crippen LogP contribution in [0, 0.1) is 11.8 Å². The molecule has 2 bridgehead atoms. The highest BCUT2D eigenvalue weighted by Crippen LogP contribution is 2.43. The Labute approximate surface area is 129 Å². The summed E-state index contributed by atoms with van der Waals surface area (Å²) in [6.45, 7) is 0. The van der Waals surface area contributed by atoms with Gasteiger partial charge in [-0.25, -0.2) is 0 Å². The number of fused-ring (bicyclic) bond motifs is 2. The van der Waals surface area contributed by atoms with Gasteiger partial charge < -0.3 is 9.84 Å². The SMILES string of the molecule is COC(=O)[C@@H]1[C@H]2CC[C@@H](C(C(=O)c3ccccc3)[C@@H]1O)N2C. The van der Waals surface area contributed by atoms with Crippen LogP contribution < -0.4 is 0 Å². The van der Waals surface area contributed by atoms with Gasteiger partial charge >= 0.3 is 5.97 Å². The van der Waals surface area contributed by atoms with Crippen LogP contribution in [0.15, 0.2) is 30.3 Å². The summed E-state index contributed by atoms with van der Waals surface area (Å²) in [5, 5.41) is 10.7. The van der Waals surface area contributed by atoms with Crippen molar-refractivity contribution >= 4 is 11.8 Å². The molecule has 2 heterocycles. The molecule has 0 radical (unpaired) electrons. The minimum Gasteiger partial charge on any atom is -0.469 e. The molecule has 22 heavy (non-hydrogen) atoms. The highest BCUT2D eigenvalue weighted by molar-refractivity contribution is 5.99. The van der Waals surface area contributed by atoms with Crippen LogP contribution in [-0.4, -0.2) is 54.1 Å². The van der Waals surface area contributed by atoms with Crippen LogP contribution in [0.4, 0.5) is 0 Å². The smallest absolute Gasteiger partial charge is 0.312 e. The van der Waals surface area contributed by atoms with Crippen LogP contribution in [0.25, 0.3) is 0 Å². The molecule has 118 valence electrons. The second-order valence-electron chi connectivity index (χ2n) is 6.17. The maximum absolute atomic E-state index is 12.9. The van der Waals surface area contributed by atoms with Gasteiger partial charge in [-0.3, -0.25) is 14.5 Å². The van der Waals surface area contributed by atoms with Crippen molar-refractivity contribution in [3.8, 4) is 0 Å². The van der Waals surface area contributed by atoms with E-state index in [0.717, 1.165) is 12.8 Å². The van der Waals surface area contributed by atoms with Gasteiger partial charge in [0.2, 0.25) is 0 Å². The molecular weight excluding hydrogens is 282 g/mol. The molecule has 5 heteroatoms. The molecule has 0 amide bonds. The Morgan fingerprint density at radius 1 is 1.14 bits per heavy atom. The number of piperidine rings is 1. The van der Waals surface area contributed by atoms with E-state index in [1.165, 1.54) is 7.11 Å². The van der Waals surface area contributed by atoms with E-state index in [0.29, 0.717) is 5.56 Å². The number of carbonyl (C=O) groups is 2. The highest BCUT2D eigenvalue weighted by Gasteiger charge is 2.56. The topological polar surface area (TPSA) is 66.8 Å². The molecule has 0 aliphatic carbocycles. The summed E-state index contributed by atoms with van der Waals surface area (Å²) in [4.78, 5) is 27.0. The third kappa shape index (κ3) is 2.25. The van der Waals surface area contributed by atoms with Gasteiger partial charge in [0.1, 0.15) is 0 Å². The third-order valence-electron chi connectivity index (χ3n) is 5.20. The van der Waals surface area contributed by atoms with Gasteiger partial charge in [0.25, 0.3) is 0 Å². The maximum atomic E-state index is 12.9. The summed E-state index contributed by atoms with van der Waals surface area (Å²) in [6, 6.07) is 8.90. The van der Waals surface area contributed by atoms with Crippen molar-refractivity contribution in [1.29, 1.82) is 0 Å². The Morgan fingerprint density at radius 2 is 1.73 bits per heavy atom. The Balaban J connectivity index is 1.96. The summed E-state index contributed by atoms with van der Waals surface area (Å²) in [6.07, 6.45) is 0.625. The van der Waals surface area contributed by atoms with Gasteiger partial charge in [-0.05, 0) is 19.9 Å². The van der Waals surface area contributed by atoms with Crippen molar-refractivity contribution < 1.29 is 19.4 Å². The van der Waals surface area contributed by atoms with Crippen LogP contribution in [0.3, 0.4) is 0 Å². The lowest BCUT2D eigenvalue weighted by Crippen LogP contribution is -2.59. The van der Waals surface area contributed by atoms with Crippen LogP contribution in [0.1, 0.15) is 23.2 Å². The van der Waals surface area contributed by atoms with Gasteiger partial charge in [0.05, 0.1) is 25.0 Å². The molecule has 5 nitrogen and oxygen atoms in total. The molecule has 1 aromatic rings. The Bertz CT molecular complexity index is 573. The predicted octanol–water partition coefficient (Wildman–Crippen LogP) is 1.11. The summed E-state index contributed by atoms with van der Waals surface area (Å²) < 4.78 is 4.86. The van der Waals surface area contributed by atoms with Crippen molar-refractivity contribution in [2.24, 2.45) is 11.8 Å². The molecule has 0 saturated carbocycles. The number of aliphatic hydroxyl groups excluding tert-OH is 1. The Hall–Kier alpha value is -1.72. The summed E-state index contributed by atoms with van der Waals surface area (Å²) in [5.41, 5.74) is 0.578. The molecule has 5 atom stereocenters. The summed E-state index contributed by atoms with van der Waals surface area (Å²) >= 11 is 0. The first-order valence-electron chi connectivity index (χ1n) is 7.63. The van der Waals surface area contributed by atoms with E-state index in [4.69, 9.17) is 4.74 Å². The molecule has 2 aliphatic rings. The van der Waals surface area contributed by atoms with Crippen molar-refractivity contribution in [3.05, 3.63) is 35.9 Å². The Kier molecular flexibility index (Phi) is 4.02. The minimum absolute atomic E-state index is 0.0198. The van der Waals surface area contributed by atoms with Gasteiger partial charge in [0, 0.05) is 17.6 Å². The maximum Gasteiger partial charge on any atom is 0.312 e. The number of esters is 1. The van der Waals surface area contributed by atoms with E-state index in [-0.39, 0.29) is 17.9 Å². The monoisotopic (exact) mass is 303 g/mol. The highest BCUT2D eigenvalue weighted by atomic mass is 16.5. The number of nitrogens with zero attached hydrogens (tertiary/aromatic N) is 1. The van der Waals surface area contributed by atoms with E-state index in [9.17, 15) is 14.7 Å². The van der Waals surface area contributed by atoms with E-state index < -0.39 is 23.9 Å². The zero-order valence-electron chi connectivity index (χ0n) is 12.8. The van der Waals surface area contributed by atoms with Crippen molar-refractivity contribution in [3.63, 3.8) is 0 Å². The lowest BCUT2D eigenvalue weighted by atomic mass is 9.76. The first kappa shape index (κ1) is 15.2. The molecular formula is C17H21NO4. The van der Waals surface area contributed by atoms with E-state index in [2.05, 4.69) is 4.90 Å². The molecule has 2 saturated heterocycles. The van der Waals surface area contributed by atoms with E-state index in [1.54, 1.807) is 24.3 Å². The number of rotatable bonds is 3. The fraction of sp³-hybridized carbons (Fsp3) is 0.529. The fourth-order valence-electron chi connectivity index (χ4n) is 4.10. The normalized spacial score (nSPS) is 34.4. The first-order valence-corrected chi connectivity index (χ1v) is 7.63. The lowest BCUT2D eigenvalue weighted by molar-refractivity contribution is -0.158.